The van der Waals surface area contributed by atoms with E-state index in [0.29, 0.717) is 17.1 Å². The van der Waals surface area contributed by atoms with Gasteiger partial charge in [0, 0.05) is 15.7 Å². The van der Waals surface area contributed by atoms with E-state index in [4.69, 9.17) is 0 Å². The quantitative estimate of drug-likeness (QED) is 0.598. The summed E-state index contributed by atoms with van der Waals surface area (Å²) in [5.74, 6) is -0.690. The molecule has 0 aliphatic carbocycles. The lowest BCUT2D eigenvalue weighted by Gasteiger charge is -2.07. The smallest absolute Gasteiger partial charge is 0.269 e. The first kappa shape index (κ1) is 17.9. The molecule has 0 aliphatic heterocycles. The topological polar surface area (TPSA) is 86.9 Å². The summed E-state index contributed by atoms with van der Waals surface area (Å²) in [5.41, 5.74) is 3.57. The highest BCUT2D eigenvalue weighted by atomic mass is 79.9. The van der Waals surface area contributed by atoms with Crippen LogP contribution in [-0.2, 0) is 4.79 Å². The fourth-order valence-corrected chi connectivity index (χ4v) is 2.62. The normalized spacial score (nSPS) is 10.4. The number of rotatable bonds is 5. The van der Waals surface area contributed by atoms with Crippen molar-refractivity contribution in [3.8, 4) is 11.3 Å². The second-order valence-corrected chi connectivity index (χ2v) is 6.58. The van der Waals surface area contributed by atoms with E-state index in [1.807, 2.05) is 49.4 Å². The van der Waals surface area contributed by atoms with Crippen LogP contribution in [0, 0.1) is 6.92 Å². The zero-order chi connectivity index (χ0) is 18.5. The maximum Gasteiger partial charge on any atom is 0.269 e. The summed E-state index contributed by atoms with van der Waals surface area (Å²) in [6.45, 7) is 1.80. The van der Waals surface area contributed by atoms with Gasteiger partial charge in [-0.05, 0) is 36.8 Å². The molecule has 7 heteroatoms. The molecule has 0 saturated carbocycles. The lowest BCUT2D eigenvalue weighted by atomic mass is 10.1. The maximum atomic E-state index is 12.2. The maximum absolute atomic E-state index is 12.2. The van der Waals surface area contributed by atoms with Crippen molar-refractivity contribution >= 4 is 33.4 Å². The molecule has 2 amide bonds. The Balaban J connectivity index is 1.56. The number of anilines is 1. The average molecular weight is 413 g/mol. The van der Waals surface area contributed by atoms with Crippen LogP contribution in [0.2, 0.25) is 0 Å². The molecule has 26 heavy (non-hydrogen) atoms. The second-order valence-electron chi connectivity index (χ2n) is 5.73. The number of hydrogen-bond donors (Lipinski definition) is 3. The summed E-state index contributed by atoms with van der Waals surface area (Å²) < 4.78 is 0.970. The van der Waals surface area contributed by atoms with E-state index < -0.39 is 0 Å². The van der Waals surface area contributed by atoms with Gasteiger partial charge in [0.05, 0.1) is 12.2 Å². The Hall–Kier alpha value is -2.93. The molecule has 0 aliphatic rings. The third-order valence-corrected chi connectivity index (χ3v) is 4.63. The van der Waals surface area contributed by atoms with Crippen LogP contribution in [0.15, 0.2) is 59.1 Å². The first-order chi connectivity index (χ1) is 12.5. The minimum absolute atomic E-state index is 0.131. The third-order valence-electron chi connectivity index (χ3n) is 3.74. The SMILES string of the molecule is Cc1cc(NC(=O)CNC(=O)c2cc(-c3ccccc3)n[nH]2)ccc1Br. The Morgan fingerprint density at radius 2 is 1.88 bits per heavy atom. The number of H-pyrrole nitrogens is 1. The summed E-state index contributed by atoms with van der Waals surface area (Å²) >= 11 is 3.41. The number of carbonyl (C=O) groups excluding carboxylic acids is 2. The zero-order valence-corrected chi connectivity index (χ0v) is 15.6. The number of aromatic nitrogens is 2. The van der Waals surface area contributed by atoms with E-state index in [1.54, 1.807) is 12.1 Å². The number of nitrogens with one attached hydrogen (secondary N) is 3. The minimum atomic E-state index is -0.387. The highest BCUT2D eigenvalue weighted by molar-refractivity contribution is 9.10. The van der Waals surface area contributed by atoms with Crippen LogP contribution in [0.25, 0.3) is 11.3 Å². The molecule has 3 rings (SSSR count). The standard InChI is InChI=1S/C19H17BrN4O2/c1-12-9-14(7-8-15(12)20)22-18(25)11-21-19(26)17-10-16(23-24-17)13-5-3-2-4-6-13/h2-10H,11H2,1H3,(H,21,26)(H,22,25)(H,23,24). The molecule has 0 spiro atoms. The summed E-state index contributed by atoms with van der Waals surface area (Å²) in [6, 6.07) is 16.7. The number of aromatic amines is 1. The van der Waals surface area contributed by atoms with Gasteiger partial charge in [-0.1, -0.05) is 46.3 Å². The van der Waals surface area contributed by atoms with E-state index in [1.165, 1.54) is 0 Å². The number of benzene rings is 2. The molecule has 0 saturated heterocycles. The van der Waals surface area contributed by atoms with Crippen molar-refractivity contribution in [2.45, 2.75) is 6.92 Å². The fraction of sp³-hybridized carbons (Fsp3) is 0.105. The van der Waals surface area contributed by atoms with E-state index in [0.717, 1.165) is 15.6 Å². The van der Waals surface area contributed by atoms with Crippen molar-refractivity contribution in [2.24, 2.45) is 0 Å². The molecular formula is C19H17BrN4O2. The number of hydrogen-bond acceptors (Lipinski definition) is 3. The third kappa shape index (κ3) is 4.37. The predicted octanol–water partition coefficient (Wildman–Crippen LogP) is 3.52. The van der Waals surface area contributed by atoms with E-state index in [9.17, 15) is 9.59 Å². The lowest BCUT2D eigenvalue weighted by Crippen LogP contribution is -2.33. The van der Waals surface area contributed by atoms with Gasteiger partial charge in [-0.3, -0.25) is 14.7 Å². The Morgan fingerprint density at radius 3 is 2.62 bits per heavy atom. The van der Waals surface area contributed by atoms with Crippen LogP contribution in [0.1, 0.15) is 16.1 Å². The van der Waals surface area contributed by atoms with Gasteiger partial charge >= 0.3 is 0 Å². The molecule has 1 heterocycles. The van der Waals surface area contributed by atoms with Crippen LogP contribution in [-0.4, -0.2) is 28.6 Å². The van der Waals surface area contributed by atoms with Crippen LogP contribution >= 0.6 is 15.9 Å². The molecule has 0 unspecified atom stereocenters. The number of aryl methyl sites for hydroxylation is 1. The van der Waals surface area contributed by atoms with Crippen LogP contribution in [0.3, 0.4) is 0 Å². The van der Waals surface area contributed by atoms with E-state index >= 15 is 0 Å². The summed E-state index contributed by atoms with van der Waals surface area (Å²) in [7, 11) is 0. The molecule has 3 N–H and O–H groups in total. The monoisotopic (exact) mass is 412 g/mol. The van der Waals surface area contributed by atoms with Gasteiger partial charge in [0.1, 0.15) is 5.69 Å². The van der Waals surface area contributed by atoms with Crippen LogP contribution < -0.4 is 10.6 Å². The first-order valence-corrected chi connectivity index (χ1v) is 8.77. The van der Waals surface area contributed by atoms with Gasteiger partial charge in [-0.15, -0.1) is 0 Å². The molecule has 0 fully saturated rings. The van der Waals surface area contributed by atoms with Crippen molar-refractivity contribution in [3.63, 3.8) is 0 Å². The number of carbonyl (C=O) groups is 2. The second kappa shape index (κ2) is 7.97. The average Bonchev–Trinajstić information content (AvgIpc) is 3.14. The number of nitrogens with zero attached hydrogens (tertiary/aromatic N) is 1. The lowest BCUT2D eigenvalue weighted by molar-refractivity contribution is -0.115. The summed E-state index contributed by atoms with van der Waals surface area (Å²) in [5, 5.41) is 12.1. The molecule has 0 bridgehead atoms. The molecule has 3 aromatic rings. The van der Waals surface area contributed by atoms with Gasteiger partial charge in [-0.2, -0.15) is 5.10 Å². The fourth-order valence-electron chi connectivity index (χ4n) is 2.38. The Morgan fingerprint density at radius 1 is 1.12 bits per heavy atom. The van der Waals surface area contributed by atoms with Gasteiger partial charge < -0.3 is 10.6 Å². The van der Waals surface area contributed by atoms with Crippen molar-refractivity contribution in [1.82, 2.24) is 15.5 Å². The van der Waals surface area contributed by atoms with Gasteiger partial charge in [-0.25, -0.2) is 0 Å². The largest absolute Gasteiger partial charge is 0.342 e. The van der Waals surface area contributed by atoms with E-state index in [-0.39, 0.29) is 18.4 Å². The molecule has 1 aromatic heterocycles. The van der Waals surface area contributed by atoms with Gasteiger partial charge in [0.25, 0.3) is 5.91 Å². The van der Waals surface area contributed by atoms with Crippen molar-refractivity contribution < 1.29 is 9.59 Å². The predicted molar refractivity (Wildman–Crippen MR) is 104 cm³/mol. The molecule has 0 atom stereocenters. The summed E-state index contributed by atoms with van der Waals surface area (Å²) in [4.78, 5) is 24.2. The summed E-state index contributed by atoms with van der Waals surface area (Å²) in [6.07, 6.45) is 0. The Bertz CT molecular complexity index is 938. The number of amides is 2. The van der Waals surface area contributed by atoms with E-state index in [2.05, 4.69) is 36.8 Å². The van der Waals surface area contributed by atoms with Crippen LogP contribution in [0.4, 0.5) is 5.69 Å². The van der Waals surface area contributed by atoms with Crippen molar-refractivity contribution in [1.29, 1.82) is 0 Å². The molecule has 132 valence electrons. The Kier molecular flexibility index (Phi) is 5.48. The molecule has 2 aromatic carbocycles. The Labute approximate surface area is 159 Å². The van der Waals surface area contributed by atoms with Gasteiger partial charge in [0.2, 0.25) is 5.91 Å². The number of halogens is 1. The zero-order valence-electron chi connectivity index (χ0n) is 14.0. The van der Waals surface area contributed by atoms with Gasteiger partial charge in [0.15, 0.2) is 0 Å². The van der Waals surface area contributed by atoms with Crippen molar-refractivity contribution in [2.75, 3.05) is 11.9 Å². The minimum Gasteiger partial charge on any atom is -0.342 e. The molecule has 6 nitrogen and oxygen atoms in total. The molecule has 0 radical (unpaired) electrons. The van der Waals surface area contributed by atoms with Crippen LogP contribution in [0.5, 0.6) is 0 Å². The molecular weight excluding hydrogens is 396 g/mol. The highest BCUT2D eigenvalue weighted by Crippen LogP contribution is 2.20. The highest BCUT2D eigenvalue weighted by Gasteiger charge is 2.12. The first-order valence-electron chi connectivity index (χ1n) is 7.98. The van der Waals surface area contributed by atoms with Crippen molar-refractivity contribution in [3.05, 3.63) is 70.3 Å².